The number of nitriles is 1. The summed E-state index contributed by atoms with van der Waals surface area (Å²) >= 11 is 0. The minimum absolute atomic E-state index is 0.481. The third-order valence-electron chi connectivity index (χ3n) is 5.20. The molecule has 2 N–H and O–H groups in total. The predicted molar refractivity (Wildman–Crippen MR) is 117 cm³/mol. The van der Waals surface area contributed by atoms with Gasteiger partial charge in [0.15, 0.2) is 0 Å². The number of benzene rings is 2. The Morgan fingerprint density at radius 1 is 1.07 bits per heavy atom. The smallest absolute Gasteiger partial charge is 0.404 e. The lowest BCUT2D eigenvalue weighted by atomic mass is 10.0. The van der Waals surface area contributed by atoms with Crippen LogP contribution in [-0.2, 0) is 0 Å². The Morgan fingerprint density at radius 3 is 2.13 bits per heavy atom. The van der Waals surface area contributed by atoms with Crippen molar-refractivity contribution in [2.24, 2.45) is 0 Å². The summed E-state index contributed by atoms with van der Waals surface area (Å²) in [7, 11) is 0. The summed E-state index contributed by atoms with van der Waals surface area (Å²) in [6.45, 7) is 2.21. The predicted octanol–water partition coefficient (Wildman–Crippen LogP) is 5.48. The van der Waals surface area contributed by atoms with Gasteiger partial charge in [-0.25, -0.2) is 4.79 Å². The Hall–Kier alpha value is -3.59. The zero-order valence-corrected chi connectivity index (χ0v) is 17.1. The Morgan fingerprint density at radius 2 is 1.63 bits per heavy atom. The first-order valence-electron chi connectivity index (χ1n) is 10.2. The average Bonchev–Trinajstić information content (AvgIpc) is 3.46. The molecule has 1 fully saturated rings. The second-order valence-corrected chi connectivity index (χ2v) is 7.20. The van der Waals surface area contributed by atoms with Crippen LogP contribution in [0, 0.1) is 11.3 Å². The Labute approximate surface area is 176 Å². The summed E-state index contributed by atoms with van der Waals surface area (Å²) in [5.41, 5.74) is 5.39. The van der Waals surface area contributed by atoms with E-state index in [9.17, 15) is 4.79 Å². The van der Waals surface area contributed by atoms with Crippen LogP contribution in [0.15, 0.2) is 60.8 Å². The highest BCUT2D eigenvalue weighted by molar-refractivity contribution is 5.69. The molecule has 1 aromatic heterocycles. The molecule has 0 atom stereocenters. The van der Waals surface area contributed by atoms with Crippen molar-refractivity contribution in [3.05, 3.63) is 66.4 Å². The summed E-state index contributed by atoms with van der Waals surface area (Å²) in [6.07, 6.45) is 6.03. The van der Waals surface area contributed by atoms with Gasteiger partial charge in [-0.15, -0.1) is 0 Å². The maximum absolute atomic E-state index is 9.49. The van der Waals surface area contributed by atoms with Gasteiger partial charge in [-0.1, -0.05) is 49.2 Å². The highest BCUT2D eigenvalue weighted by Crippen LogP contribution is 2.33. The van der Waals surface area contributed by atoms with E-state index in [1.54, 1.807) is 6.92 Å². The minimum atomic E-state index is -0.961. The first-order chi connectivity index (χ1) is 14.6. The molecule has 0 spiro atoms. The molecule has 1 saturated carbocycles. The minimum Gasteiger partial charge on any atom is -0.465 e. The monoisotopic (exact) mass is 402 g/mol. The van der Waals surface area contributed by atoms with Crippen LogP contribution in [0.2, 0.25) is 0 Å². The van der Waals surface area contributed by atoms with Crippen LogP contribution in [0.1, 0.15) is 44.2 Å². The lowest BCUT2D eigenvalue weighted by Gasteiger charge is -2.14. The number of hydrogen-bond acceptors (Lipinski definition) is 3. The number of carboxylic acid groups (broad SMARTS) is 1. The number of hydrogen-bond donors (Lipinski definition) is 2. The first kappa shape index (κ1) is 21.1. The Kier molecular flexibility index (Phi) is 7.23. The van der Waals surface area contributed by atoms with E-state index in [0.29, 0.717) is 18.2 Å². The van der Waals surface area contributed by atoms with Crippen LogP contribution in [0.4, 0.5) is 4.79 Å². The van der Waals surface area contributed by atoms with Gasteiger partial charge in [0.1, 0.15) is 0 Å². The van der Waals surface area contributed by atoms with Crippen molar-refractivity contribution in [2.75, 3.05) is 6.54 Å². The molecule has 0 radical (unpaired) electrons. The fraction of sp³-hybridized carbons (Fsp3) is 0.292. The highest BCUT2D eigenvalue weighted by atomic mass is 16.4. The topological polar surface area (TPSA) is 90.9 Å². The Bertz CT molecular complexity index is 995. The van der Waals surface area contributed by atoms with Crippen LogP contribution < -0.4 is 5.32 Å². The molecular formula is C24H26N4O2. The van der Waals surface area contributed by atoms with Gasteiger partial charge in [0.2, 0.25) is 0 Å². The summed E-state index contributed by atoms with van der Waals surface area (Å²) in [5, 5.41) is 23.4. The van der Waals surface area contributed by atoms with Crippen molar-refractivity contribution in [3.63, 3.8) is 0 Å². The van der Waals surface area contributed by atoms with E-state index in [1.165, 1.54) is 36.9 Å². The quantitative estimate of drug-likeness (QED) is 0.605. The van der Waals surface area contributed by atoms with Gasteiger partial charge in [0.25, 0.3) is 0 Å². The average molecular weight is 402 g/mol. The van der Waals surface area contributed by atoms with Gasteiger partial charge in [-0.05, 0) is 54.7 Å². The fourth-order valence-electron chi connectivity index (χ4n) is 3.70. The van der Waals surface area contributed by atoms with Gasteiger partial charge in [-0.3, -0.25) is 4.68 Å². The molecule has 6 heteroatoms. The molecule has 0 bridgehead atoms. The number of nitrogens with one attached hydrogen (secondary N) is 1. The molecule has 30 heavy (non-hydrogen) atoms. The standard InChI is InChI=1S/C21H19N3.C3H7NO2/c22-15-16-5-7-17(8-6-16)18-9-11-19(12-10-18)21-13-14-23-24(21)20-3-1-2-4-20;1-2-4-3(5)6/h5-14,20H,1-4H2;4H,2H2,1H3,(H,5,6). The number of aromatic nitrogens is 2. The van der Waals surface area contributed by atoms with E-state index < -0.39 is 6.09 Å². The zero-order valence-electron chi connectivity index (χ0n) is 17.1. The van der Waals surface area contributed by atoms with Crippen LogP contribution in [-0.4, -0.2) is 27.5 Å². The molecule has 6 nitrogen and oxygen atoms in total. The van der Waals surface area contributed by atoms with Crippen LogP contribution >= 0.6 is 0 Å². The largest absolute Gasteiger partial charge is 0.465 e. The first-order valence-corrected chi connectivity index (χ1v) is 10.2. The number of carbonyl (C=O) groups is 1. The molecule has 2 aromatic carbocycles. The fourth-order valence-corrected chi connectivity index (χ4v) is 3.70. The van der Waals surface area contributed by atoms with Gasteiger partial charge in [-0.2, -0.15) is 10.4 Å². The van der Waals surface area contributed by atoms with E-state index in [4.69, 9.17) is 10.4 Å². The van der Waals surface area contributed by atoms with Gasteiger partial charge >= 0.3 is 6.09 Å². The van der Waals surface area contributed by atoms with Gasteiger partial charge < -0.3 is 10.4 Å². The van der Waals surface area contributed by atoms with Crippen LogP contribution in [0.5, 0.6) is 0 Å². The number of rotatable bonds is 4. The maximum atomic E-state index is 9.49. The molecule has 1 aliphatic rings. The molecule has 1 aliphatic carbocycles. The molecule has 0 saturated heterocycles. The molecule has 0 unspecified atom stereocenters. The van der Waals surface area contributed by atoms with E-state index in [1.807, 2.05) is 30.5 Å². The molecule has 0 aliphatic heterocycles. The van der Waals surface area contributed by atoms with Crippen molar-refractivity contribution in [3.8, 4) is 28.5 Å². The lowest BCUT2D eigenvalue weighted by Crippen LogP contribution is -2.19. The third kappa shape index (κ3) is 5.26. The van der Waals surface area contributed by atoms with Crippen molar-refractivity contribution >= 4 is 6.09 Å². The summed E-state index contributed by atoms with van der Waals surface area (Å²) < 4.78 is 2.20. The van der Waals surface area contributed by atoms with E-state index >= 15 is 0 Å². The van der Waals surface area contributed by atoms with Crippen LogP contribution in [0.25, 0.3) is 22.4 Å². The van der Waals surface area contributed by atoms with Crippen molar-refractivity contribution in [2.45, 2.75) is 38.6 Å². The van der Waals surface area contributed by atoms with Crippen molar-refractivity contribution < 1.29 is 9.90 Å². The lowest BCUT2D eigenvalue weighted by molar-refractivity contribution is 0.195. The van der Waals surface area contributed by atoms with E-state index in [-0.39, 0.29) is 0 Å². The molecule has 1 amide bonds. The molecule has 1 heterocycles. The summed E-state index contributed by atoms with van der Waals surface area (Å²) in [5.74, 6) is 0. The van der Waals surface area contributed by atoms with Gasteiger partial charge in [0.05, 0.1) is 23.4 Å². The Balaban J connectivity index is 0.000000377. The molecule has 3 aromatic rings. The van der Waals surface area contributed by atoms with Crippen LogP contribution in [0.3, 0.4) is 0 Å². The number of nitrogens with zero attached hydrogens (tertiary/aromatic N) is 3. The second-order valence-electron chi connectivity index (χ2n) is 7.20. The maximum Gasteiger partial charge on any atom is 0.404 e. The van der Waals surface area contributed by atoms with Crippen molar-refractivity contribution in [1.29, 1.82) is 5.26 Å². The summed E-state index contributed by atoms with van der Waals surface area (Å²) in [4.78, 5) is 9.49. The third-order valence-corrected chi connectivity index (χ3v) is 5.20. The SMILES string of the molecule is CCNC(=O)O.N#Cc1ccc(-c2ccc(-c3ccnn3C3CCCC3)cc2)cc1. The highest BCUT2D eigenvalue weighted by Gasteiger charge is 2.20. The van der Waals surface area contributed by atoms with E-state index in [0.717, 1.165) is 11.1 Å². The normalized spacial score (nSPS) is 13.2. The molecule has 154 valence electrons. The zero-order chi connectivity index (χ0) is 21.3. The van der Waals surface area contributed by atoms with Gasteiger partial charge in [0, 0.05) is 12.7 Å². The number of amides is 1. The van der Waals surface area contributed by atoms with Crippen molar-refractivity contribution in [1.82, 2.24) is 15.1 Å². The van der Waals surface area contributed by atoms with E-state index in [2.05, 4.69) is 51.5 Å². The second kappa shape index (κ2) is 10.3. The molecule has 4 rings (SSSR count). The molecular weight excluding hydrogens is 376 g/mol. The summed E-state index contributed by atoms with van der Waals surface area (Å²) in [6, 6.07) is 21.1.